The average Bonchev–Trinajstić information content (AvgIpc) is 2.61. The lowest BCUT2D eigenvalue weighted by atomic mass is 10.1. The predicted molar refractivity (Wildman–Crippen MR) is 29.3 cm³/mol. The number of fused-ring (bicyclic) bond motifs is 4. The van der Waals surface area contributed by atoms with E-state index in [1.807, 2.05) is 0 Å². The largest absolute Gasteiger partial charge is 0.385 e. The molecule has 3 rings (SSSR count). The molecule has 0 aromatic carbocycles. The molecule has 1 N–H and O–H groups in total. The molecule has 0 spiro atoms. The molecular weight excluding hydrogens is 136 g/mol. The van der Waals surface area contributed by atoms with Gasteiger partial charge in [0, 0.05) is 0 Å². The summed E-state index contributed by atoms with van der Waals surface area (Å²) in [6.45, 7) is 0.572. The highest BCUT2D eigenvalue weighted by molar-refractivity contribution is 5.03. The molecule has 10 heavy (non-hydrogen) atoms. The predicted octanol–water partition coefficient (Wildman–Crippen LogP) is -1.13. The third kappa shape index (κ3) is 0.509. The zero-order chi connectivity index (χ0) is 6.72. The van der Waals surface area contributed by atoms with E-state index < -0.39 is 12.4 Å². The molecule has 0 aromatic heterocycles. The van der Waals surface area contributed by atoms with Crippen LogP contribution in [-0.2, 0) is 14.2 Å². The van der Waals surface area contributed by atoms with E-state index >= 15 is 0 Å². The van der Waals surface area contributed by atoms with Crippen LogP contribution in [0.15, 0.2) is 0 Å². The highest BCUT2D eigenvalue weighted by Crippen LogP contribution is 2.41. The van der Waals surface area contributed by atoms with Gasteiger partial charge in [-0.1, -0.05) is 0 Å². The van der Waals surface area contributed by atoms with Gasteiger partial charge in [-0.25, -0.2) is 0 Å². The Morgan fingerprint density at radius 3 is 3.00 bits per heavy atom. The van der Waals surface area contributed by atoms with Gasteiger partial charge in [0.1, 0.15) is 24.4 Å². The fraction of sp³-hybridized carbons (Fsp3) is 1.00. The first-order valence-electron chi connectivity index (χ1n) is 3.47. The van der Waals surface area contributed by atoms with E-state index in [-0.39, 0.29) is 18.3 Å². The van der Waals surface area contributed by atoms with Crippen molar-refractivity contribution in [2.45, 2.75) is 30.7 Å². The van der Waals surface area contributed by atoms with Crippen LogP contribution in [0.1, 0.15) is 0 Å². The molecular formula is C6H8O4. The number of rotatable bonds is 0. The second-order valence-corrected chi connectivity index (χ2v) is 2.93. The van der Waals surface area contributed by atoms with Crippen LogP contribution in [0, 0.1) is 0 Å². The maximum absolute atomic E-state index is 9.33. The van der Waals surface area contributed by atoms with Gasteiger partial charge in [0.05, 0.1) is 6.61 Å². The van der Waals surface area contributed by atoms with Crippen molar-refractivity contribution in [2.75, 3.05) is 6.61 Å². The van der Waals surface area contributed by atoms with E-state index in [0.717, 1.165) is 0 Å². The zero-order valence-corrected chi connectivity index (χ0v) is 5.27. The molecule has 56 valence electrons. The molecule has 3 fully saturated rings. The van der Waals surface area contributed by atoms with Crippen LogP contribution in [0.25, 0.3) is 0 Å². The van der Waals surface area contributed by atoms with Gasteiger partial charge in [0.15, 0.2) is 6.29 Å². The topological polar surface area (TPSA) is 51.2 Å². The summed E-state index contributed by atoms with van der Waals surface area (Å²) in [6, 6.07) is 0. The summed E-state index contributed by atoms with van der Waals surface area (Å²) < 4.78 is 15.6. The van der Waals surface area contributed by atoms with Crippen molar-refractivity contribution in [2.24, 2.45) is 0 Å². The van der Waals surface area contributed by atoms with Crippen molar-refractivity contribution in [3.63, 3.8) is 0 Å². The average molecular weight is 144 g/mol. The molecule has 4 heteroatoms. The number of ether oxygens (including phenoxy) is 3. The summed E-state index contributed by atoms with van der Waals surface area (Å²) in [7, 11) is 0. The molecule has 3 aliphatic rings. The molecule has 3 aliphatic heterocycles. The number of epoxide rings is 1. The van der Waals surface area contributed by atoms with Gasteiger partial charge in [-0.3, -0.25) is 0 Å². The molecule has 3 saturated heterocycles. The van der Waals surface area contributed by atoms with Crippen molar-refractivity contribution in [1.82, 2.24) is 0 Å². The van der Waals surface area contributed by atoms with Crippen molar-refractivity contribution < 1.29 is 19.3 Å². The lowest BCUT2D eigenvalue weighted by Crippen LogP contribution is -2.39. The lowest BCUT2D eigenvalue weighted by molar-refractivity contribution is -0.143. The first-order chi connectivity index (χ1) is 4.86. The molecule has 0 aliphatic carbocycles. The Balaban J connectivity index is 1.91. The highest BCUT2D eigenvalue weighted by Gasteiger charge is 2.60. The van der Waals surface area contributed by atoms with Crippen LogP contribution >= 0.6 is 0 Å². The maximum Gasteiger partial charge on any atom is 0.186 e. The van der Waals surface area contributed by atoms with Gasteiger partial charge < -0.3 is 19.3 Å². The smallest absolute Gasteiger partial charge is 0.186 e. The quantitative estimate of drug-likeness (QED) is 0.437. The fourth-order valence-corrected chi connectivity index (χ4v) is 1.66. The second kappa shape index (κ2) is 1.53. The van der Waals surface area contributed by atoms with Crippen LogP contribution in [-0.4, -0.2) is 42.4 Å². The molecule has 3 heterocycles. The fourth-order valence-electron chi connectivity index (χ4n) is 1.66. The van der Waals surface area contributed by atoms with E-state index in [9.17, 15) is 5.11 Å². The van der Waals surface area contributed by atoms with Crippen molar-refractivity contribution in [3.05, 3.63) is 0 Å². The Morgan fingerprint density at radius 1 is 1.20 bits per heavy atom. The molecule has 0 amide bonds. The zero-order valence-electron chi connectivity index (χ0n) is 5.27. The third-order valence-corrected chi connectivity index (χ3v) is 2.28. The van der Waals surface area contributed by atoms with E-state index in [1.165, 1.54) is 0 Å². The number of hydrogen-bond acceptors (Lipinski definition) is 4. The van der Waals surface area contributed by atoms with Crippen LogP contribution in [0.4, 0.5) is 0 Å². The van der Waals surface area contributed by atoms with E-state index in [4.69, 9.17) is 14.2 Å². The Morgan fingerprint density at radius 2 is 2.10 bits per heavy atom. The van der Waals surface area contributed by atoms with Gasteiger partial charge >= 0.3 is 0 Å². The van der Waals surface area contributed by atoms with Crippen molar-refractivity contribution >= 4 is 0 Å². The van der Waals surface area contributed by atoms with Crippen LogP contribution in [0.3, 0.4) is 0 Å². The molecule has 0 radical (unpaired) electrons. The number of aliphatic hydroxyl groups excluding tert-OH is 1. The molecule has 0 unspecified atom stereocenters. The molecule has 5 atom stereocenters. The first-order valence-corrected chi connectivity index (χ1v) is 3.47. The van der Waals surface area contributed by atoms with E-state index in [1.54, 1.807) is 0 Å². The van der Waals surface area contributed by atoms with Crippen molar-refractivity contribution in [3.8, 4) is 0 Å². The number of aliphatic hydroxyl groups is 1. The monoisotopic (exact) mass is 144 g/mol. The normalized spacial score (nSPS) is 63.9. The first kappa shape index (κ1) is 5.49. The molecule has 0 saturated carbocycles. The van der Waals surface area contributed by atoms with E-state index in [0.29, 0.717) is 6.61 Å². The minimum absolute atomic E-state index is 0.00810. The summed E-state index contributed by atoms with van der Waals surface area (Å²) in [5.74, 6) is 0. The summed E-state index contributed by atoms with van der Waals surface area (Å²) in [5.41, 5.74) is 0. The summed E-state index contributed by atoms with van der Waals surface area (Å²) >= 11 is 0. The van der Waals surface area contributed by atoms with Crippen LogP contribution in [0.5, 0.6) is 0 Å². The third-order valence-electron chi connectivity index (χ3n) is 2.28. The van der Waals surface area contributed by atoms with Gasteiger partial charge in [-0.05, 0) is 0 Å². The second-order valence-electron chi connectivity index (χ2n) is 2.93. The Kier molecular flexibility index (Phi) is 0.840. The summed E-state index contributed by atoms with van der Waals surface area (Å²) in [6.07, 6.45) is -0.809. The van der Waals surface area contributed by atoms with Gasteiger partial charge in [-0.2, -0.15) is 0 Å². The minimum Gasteiger partial charge on any atom is -0.385 e. The minimum atomic E-state index is -0.566. The number of hydrogen-bond donors (Lipinski definition) is 1. The summed E-state index contributed by atoms with van der Waals surface area (Å²) in [4.78, 5) is 0. The van der Waals surface area contributed by atoms with Crippen LogP contribution < -0.4 is 0 Å². The molecule has 4 nitrogen and oxygen atoms in total. The van der Waals surface area contributed by atoms with E-state index in [2.05, 4.69) is 0 Å². The summed E-state index contributed by atoms with van der Waals surface area (Å²) in [5, 5.41) is 9.33. The van der Waals surface area contributed by atoms with Gasteiger partial charge in [0.2, 0.25) is 0 Å². The Bertz CT molecular complexity index is 169. The SMILES string of the molecule is O[C@@H]1[C@H]2OC[C@H](O2)[C@@H]2O[C@H]12. The highest BCUT2D eigenvalue weighted by atomic mass is 16.8. The van der Waals surface area contributed by atoms with Crippen LogP contribution in [0.2, 0.25) is 0 Å². The standard InChI is InChI=1S/C6H8O4/c7-3-5-4(10-5)2-1-8-6(3)9-2/h2-7H,1H2/t2-,3-,4-,5+,6-/m0/s1. The van der Waals surface area contributed by atoms with Crippen molar-refractivity contribution in [1.29, 1.82) is 0 Å². The Hall–Kier alpha value is -0.160. The molecule has 0 aromatic rings. The molecule has 2 bridgehead atoms. The maximum atomic E-state index is 9.33. The van der Waals surface area contributed by atoms with Gasteiger partial charge in [0.25, 0.3) is 0 Å². The van der Waals surface area contributed by atoms with Gasteiger partial charge in [-0.15, -0.1) is 0 Å². The lowest BCUT2D eigenvalue weighted by Gasteiger charge is -2.18. The Labute approximate surface area is 57.7 Å².